The van der Waals surface area contributed by atoms with E-state index >= 15 is 0 Å². The summed E-state index contributed by atoms with van der Waals surface area (Å²) in [5.74, 6) is 0.462. The Balaban J connectivity index is 0.00000364. The lowest BCUT2D eigenvalue weighted by atomic mass is 9.84. The summed E-state index contributed by atoms with van der Waals surface area (Å²) in [5, 5.41) is 3.82. The molecule has 3 N–H and O–H groups in total. The minimum absolute atomic E-state index is 0. The highest BCUT2D eigenvalue weighted by Gasteiger charge is 2.27. The maximum absolute atomic E-state index is 13.3. The van der Waals surface area contributed by atoms with Gasteiger partial charge < -0.3 is 16.0 Å². The van der Waals surface area contributed by atoms with E-state index in [1.165, 1.54) is 12.1 Å². The zero-order chi connectivity index (χ0) is 19.3. The Kier molecular flexibility index (Phi) is 9.27. The van der Waals surface area contributed by atoms with Crippen LogP contribution in [0.1, 0.15) is 38.7 Å². The minimum Gasteiger partial charge on any atom is -0.370 e. The molecule has 1 aromatic carbocycles. The lowest BCUT2D eigenvalue weighted by Crippen LogP contribution is -2.49. The Morgan fingerprint density at radius 3 is 2.78 bits per heavy atom. The summed E-state index contributed by atoms with van der Waals surface area (Å²) >= 11 is 6.23. The Hall–Kier alpha value is -1.09. The first kappa shape index (κ1) is 23.9. The maximum Gasteiger partial charge on any atom is 0.217 e. The van der Waals surface area contributed by atoms with E-state index < -0.39 is 0 Å². The van der Waals surface area contributed by atoms with Crippen molar-refractivity contribution in [2.75, 3.05) is 26.7 Å². The van der Waals surface area contributed by atoms with Gasteiger partial charge in [0.25, 0.3) is 0 Å². The third-order valence-corrected chi connectivity index (χ3v) is 5.18. The highest BCUT2D eigenvalue weighted by Crippen LogP contribution is 2.30. The molecule has 0 saturated carbocycles. The lowest BCUT2D eigenvalue weighted by Gasteiger charge is -2.36. The van der Waals surface area contributed by atoms with E-state index in [2.05, 4.69) is 29.1 Å². The molecular weight excluding hydrogens is 482 g/mol. The van der Waals surface area contributed by atoms with E-state index in [1.54, 1.807) is 13.1 Å². The van der Waals surface area contributed by atoms with Crippen molar-refractivity contribution >= 4 is 47.4 Å². The number of nitrogens with zero attached hydrogens (tertiary/aromatic N) is 2. The summed E-state index contributed by atoms with van der Waals surface area (Å²) in [5.41, 5.74) is 5.92. The second-order valence-electron chi connectivity index (χ2n) is 7.53. The molecule has 0 bridgehead atoms. The van der Waals surface area contributed by atoms with Gasteiger partial charge in [-0.2, -0.15) is 0 Å². The molecule has 1 atom stereocenters. The average molecular weight is 511 g/mol. The monoisotopic (exact) mass is 510 g/mol. The molecule has 152 valence electrons. The number of piperidine rings is 1. The first-order valence-electron chi connectivity index (χ1n) is 8.92. The molecule has 0 aromatic heterocycles. The summed E-state index contributed by atoms with van der Waals surface area (Å²) < 4.78 is 13.3. The number of carbonyl (C=O) groups excluding carboxylic acids is 1. The van der Waals surface area contributed by atoms with Gasteiger partial charge in [0.2, 0.25) is 5.91 Å². The number of likely N-dealkylation sites (tertiary alicyclic amines) is 1. The van der Waals surface area contributed by atoms with E-state index in [1.807, 2.05) is 0 Å². The van der Waals surface area contributed by atoms with Gasteiger partial charge in [0.05, 0.1) is 0 Å². The van der Waals surface area contributed by atoms with E-state index in [9.17, 15) is 9.18 Å². The maximum atomic E-state index is 13.3. The molecule has 0 aliphatic carbocycles. The highest BCUT2D eigenvalue weighted by atomic mass is 127. The molecule has 5 nitrogen and oxygen atoms in total. The molecule has 1 aromatic rings. The summed E-state index contributed by atoms with van der Waals surface area (Å²) in [7, 11) is 1.75. The van der Waals surface area contributed by atoms with E-state index in [-0.39, 0.29) is 47.0 Å². The summed E-state index contributed by atoms with van der Waals surface area (Å²) in [6.45, 7) is 6.37. The molecule has 1 fully saturated rings. The molecule has 8 heteroatoms. The zero-order valence-corrected chi connectivity index (χ0v) is 19.2. The number of hydrogen-bond acceptors (Lipinski definition) is 2. The smallest absolute Gasteiger partial charge is 0.217 e. The summed E-state index contributed by atoms with van der Waals surface area (Å²) in [4.78, 5) is 17.7. The Bertz CT molecular complexity index is 684. The SMILES string of the molecule is CN=C(NCC(C)(C)c1ccc(F)cc1Cl)N1CCCC(CC(N)=O)C1.I. The number of halogens is 3. The molecule has 1 heterocycles. The third kappa shape index (κ3) is 6.78. The summed E-state index contributed by atoms with van der Waals surface area (Å²) in [6.07, 6.45) is 2.42. The first-order valence-corrected chi connectivity index (χ1v) is 9.30. The van der Waals surface area contributed by atoms with Crippen LogP contribution in [0.25, 0.3) is 0 Å². The Labute approximate surface area is 182 Å². The van der Waals surface area contributed by atoms with Crippen molar-refractivity contribution in [1.82, 2.24) is 10.2 Å². The van der Waals surface area contributed by atoms with Gasteiger partial charge in [-0.3, -0.25) is 9.79 Å². The van der Waals surface area contributed by atoms with Crippen LogP contribution in [0.4, 0.5) is 4.39 Å². The Morgan fingerprint density at radius 1 is 1.48 bits per heavy atom. The second kappa shape index (κ2) is 10.5. The quantitative estimate of drug-likeness (QED) is 0.362. The first-order chi connectivity index (χ1) is 12.2. The number of carbonyl (C=O) groups is 1. The van der Waals surface area contributed by atoms with Crippen molar-refractivity contribution in [3.63, 3.8) is 0 Å². The molecule has 0 radical (unpaired) electrons. The lowest BCUT2D eigenvalue weighted by molar-refractivity contribution is -0.119. The molecule has 27 heavy (non-hydrogen) atoms. The molecule has 1 unspecified atom stereocenters. The van der Waals surface area contributed by atoms with Crippen molar-refractivity contribution in [3.8, 4) is 0 Å². The summed E-state index contributed by atoms with van der Waals surface area (Å²) in [6, 6.07) is 4.50. The van der Waals surface area contributed by atoms with Crippen LogP contribution >= 0.6 is 35.6 Å². The number of aliphatic imine (C=N–C) groups is 1. The largest absolute Gasteiger partial charge is 0.370 e. The van der Waals surface area contributed by atoms with Crippen LogP contribution in [0, 0.1) is 11.7 Å². The topological polar surface area (TPSA) is 70.7 Å². The van der Waals surface area contributed by atoms with Crippen molar-refractivity contribution in [1.29, 1.82) is 0 Å². The van der Waals surface area contributed by atoms with E-state index in [0.717, 1.165) is 37.5 Å². The van der Waals surface area contributed by atoms with Gasteiger partial charge in [-0.25, -0.2) is 4.39 Å². The van der Waals surface area contributed by atoms with Crippen LogP contribution in [0.2, 0.25) is 5.02 Å². The van der Waals surface area contributed by atoms with Crippen molar-refractivity contribution in [2.45, 2.75) is 38.5 Å². The number of nitrogens with two attached hydrogens (primary N) is 1. The minimum atomic E-state index is -0.341. The van der Waals surface area contributed by atoms with E-state index in [0.29, 0.717) is 18.0 Å². The normalized spacial score (nSPS) is 18.0. The number of nitrogens with one attached hydrogen (secondary N) is 1. The molecular formula is C19H29ClFIN4O. The number of primary amides is 1. The Morgan fingerprint density at radius 2 is 2.19 bits per heavy atom. The van der Waals surface area contributed by atoms with Crippen LogP contribution in [-0.2, 0) is 10.2 Å². The van der Waals surface area contributed by atoms with Gasteiger partial charge in [0.1, 0.15) is 5.82 Å². The molecule has 1 saturated heterocycles. The van der Waals surface area contributed by atoms with Crippen LogP contribution in [0.3, 0.4) is 0 Å². The zero-order valence-electron chi connectivity index (χ0n) is 16.1. The number of amides is 1. The van der Waals surface area contributed by atoms with Crippen molar-refractivity contribution in [3.05, 3.63) is 34.6 Å². The number of benzene rings is 1. The van der Waals surface area contributed by atoms with Gasteiger partial charge in [-0.15, -0.1) is 24.0 Å². The fraction of sp³-hybridized carbons (Fsp3) is 0.579. The molecule has 1 amide bonds. The van der Waals surface area contributed by atoms with Crippen molar-refractivity contribution in [2.24, 2.45) is 16.6 Å². The number of guanidine groups is 1. The average Bonchev–Trinajstić information content (AvgIpc) is 2.54. The second-order valence-corrected chi connectivity index (χ2v) is 7.94. The predicted molar refractivity (Wildman–Crippen MR) is 119 cm³/mol. The van der Waals surface area contributed by atoms with Crippen LogP contribution in [0.5, 0.6) is 0 Å². The van der Waals surface area contributed by atoms with Gasteiger partial charge in [0.15, 0.2) is 5.96 Å². The van der Waals surface area contributed by atoms with Crippen LogP contribution < -0.4 is 11.1 Å². The highest BCUT2D eigenvalue weighted by molar-refractivity contribution is 14.0. The molecule has 2 rings (SSSR count). The third-order valence-electron chi connectivity index (χ3n) is 4.87. The van der Waals surface area contributed by atoms with Crippen molar-refractivity contribution < 1.29 is 9.18 Å². The fourth-order valence-electron chi connectivity index (χ4n) is 3.47. The molecule has 1 aliphatic heterocycles. The van der Waals surface area contributed by atoms with E-state index in [4.69, 9.17) is 17.3 Å². The number of rotatable bonds is 5. The van der Waals surface area contributed by atoms with Crippen LogP contribution in [-0.4, -0.2) is 43.4 Å². The predicted octanol–water partition coefficient (Wildman–Crippen LogP) is 3.54. The molecule has 1 aliphatic rings. The fourth-order valence-corrected chi connectivity index (χ4v) is 3.90. The van der Waals surface area contributed by atoms with Gasteiger partial charge in [-0.05, 0) is 36.5 Å². The number of hydrogen-bond donors (Lipinski definition) is 2. The molecule has 0 spiro atoms. The van der Waals surface area contributed by atoms with Gasteiger partial charge >= 0.3 is 0 Å². The standard InChI is InChI=1S/C19H28ClFN4O.HI/c1-19(2,15-7-6-14(21)10-16(15)20)12-24-18(23-3)25-8-4-5-13(11-25)9-17(22)26;/h6-7,10,13H,4-5,8-9,11-12H2,1-3H3,(H2,22,26)(H,23,24);1H. The van der Waals surface area contributed by atoms with Crippen LogP contribution in [0.15, 0.2) is 23.2 Å². The van der Waals surface area contributed by atoms with Gasteiger partial charge in [0, 0.05) is 43.5 Å². The van der Waals surface area contributed by atoms with Gasteiger partial charge in [-0.1, -0.05) is 31.5 Å².